The topological polar surface area (TPSA) is 72.7 Å². The van der Waals surface area contributed by atoms with Crippen LogP contribution in [-0.2, 0) is 9.53 Å². The number of hydrogen-bond acceptors (Lipinski definition) is 6. The first-order valence-electron chi connectivity index (χ1n) is 11.4. The zero-order chi connectivity index (χ0) is 20.8. The van der Waals surface area contributed by atoms with E-state index >= 15 is 0 Å². The van der Waals surface area contributed by atoms with Gasteiger partial charge in [-0.3, -0.25) is 4.79 Å². The van der Waals surface area contributed by atoms with E-state index in [1.54, 1.807) is 0 Å². The van der Waals surface area contributed by atoms with E-state index < -0.39 is 0 Å². The largest absolute Gasteiger partial charge is 0.371 e. The number of likely N-dealkylation sites (N-methyl/N-ethyl adjacent to an activating group) is 1. The van der Waals surface area contributed by atoms with E-state index in [0.717, 1.165) is 68.9 Å². The first-order valence-corrected chi connectivity index (χ1v) is 11.4. The number of pyridine rings is 1. The van der Waals surface area contributed by atoms with Crippen LogP contribution in [0.4, 0.5) is 5.82 Å². The summed E-state index contributed by atoms with van der Waals surface area (Å²) < 4.78 is 6.07. The molecule has 0 aromatic carbocycles. The molecular formula is C23H31N5O2. The molecule has 160 valence electrons. The van der Waals surface area contributed by atoms with Crippen molar-refractivity contribution in [3.05, 3.63) is 22.9 Å². The van der Waals surface area contributed by atoms with Crippen molar-refractivity contribution in [2.45, 2.75) is 50.7 Å². The van der Waals surface area contributed by atoms with Crippen LogP contribution in [0.5, 0.6) is 0 Å². The normalized spacial score (nSPS) is 27.8. The Balaban J connectivity index is 1.42. The molecule has 1 amide bonds. The predicted molar refractivity (Wildman–Crippen MR) is 113 cm³/mol. The van der Waals surface area contributed by atoms with E-state index in [9.17, 15) is 10.1 Å². The van der Waals surface area contributed by atoms with Gasteiger partial charge in [-0.15, -0.1) is 0 Å². The Morgan fingerprint density at radius 1 is 1.20 bits per heavy atom. The van der Waals surface area contributed by atoms with Gasteiger partial charge in [0.2, 0.25) is 5.91 Å². The van der Waals surface area contributed by atoms with Crippen molar-refractivity contribution in [3.63, 3.8) is 0 Å². The summed E-state index contributed by atoms with van der Waals surface area (Å²) in [5, 5.41) is 9.92. The summed E-state index contributed by atoms with van der Waals surface area (Å²) in [5.41, 5.74) is 2.84. The first kappa shape index (κ1) is 19.8. The van der Waals surface area contributed by atoms with E-state index in [2.05, 4.69) is 29.8 Å². The van der Waals surface area contributed by atoms with Crippen LogP contribution in [0.15, 0.2) is 6.07 Å². The van der Waals surface area contributed by atoms with E-state index in [1.165, 1.54) is 0 Å². The van der Waals surface area contributed by atoms with E-state index in [0.29, 0.717) is 30.5 Å². The fourth-order valence-electron chi connectivity index (χ4n) is 4.81. The molecule has 4 fully saturated rings. The van der Waals surface area contributed by atoms with Gasteiger partial charge in [0.05, 0.1) is 24.0 Å². The fraction of sp³-hybridized carbons (Fsp3) is 0.696. The minimum absolute atomic E-state index is 0.0139. The van der Waals surface area contributed by atoms with Gasteiger partial charge < -0.3 is 19.4 Å². The first-order chi connectivity index (χ1) is 14.5. The molecule has 7 heteroatoms. The third-order valence-electron chi connectivity index (χ3n) is 6.90. The van der Waals surface area contributed by atoms with Crippen molar-refractivity contribution >= 4 is 11.7 Å². The maximum atomic E-state index is 12.6. The van der Waals surface area contributed by atoms with Crippen LogP contribution < -0.4 is 4.90 Å². The summed E-state index contributed by atoms with van der Waals surface area (Å²) in [5.74, 6) is 1.83. The fourth-order valence-corrected chi connectivity index (χ4v) is 4.81. The van der Waals surface area contributed by atoms with Crippen molar-refractivity contribution < 1.29 is 9.53 Å². The van der Waals surface area contributed by atoms with Gasteiger partial charge in [0.15, 0.2) is 0 Å². The Morgan fingerprint density at radius 2 is 2.00 bits per heavy atom. The third kappa shape index (κ3) is 3.79. The predicted octanol–water partition coefficient (Wildman–Crippen LogP) is 2.28. The molecule has 0 radical (unpaired) electrons. The van der Waals surface area contributed by atoms with Crippen LogP contribution in [0.25, 0.3) is 0 Å². The second-order valence-electron chi connectivity index (χ2n) is 9.44. The molecule has 2 saturated carbocycles. The van der Waals surface area contributed by atoms with Crippen LogP contribution in [0, 0.1) is 17.2 Å². The molecule has 3 heterocycles. The van der Waals surface area contributed by atoms with Crippen molar-refractivity contribution in [2.24, 2.45) is 5.92 Å². The van der Waals surface area contributed by atoms with Gasteiger partial charge in [0, 0.05) is 56.2 Å². The monoisotopic (exact) mass is 409 g/mol. The molecular weight excluding hydrogens is 378 g/mol. The second kappa shape index (κ2) is 7.82. The highest BCUT2D eigenvalue weighted by atomic mass is 16.5. The summed E-state index contributed by atoms with van der Waals surface area (Å²) in [4.78, 5) is 24.2. The van der Waals surface area contributed by atoms with Crippen LogP contribution in [0.1, 0.15) is 61.4 Å². The number of morpholine rings is 1. The number of nitriles is 1. The number of carbonyl (C=O) groups excluding carboxylic acids is 1. The molecule has 0 bridgehead atoms. The average Bonchev–Trinajstić information content (AvgIpc) is 3.65. The molecule has 30 heavy (non-hydrogen) atoms. The number of piperazine rings is 1. The molecule has 4 aliphatic rings. The molecule has 5 rings (SSSR count). The summed E-state index contributed by atoms with van der Waals surface area (Å²) in [7, 11) is 2.11. The Bertz CT molecular complexity index is 873. The van der Waals surface area contributed by atoms with Gasteiger partial charge in [-0.2, -0.15) is 5.26 Å². The number of nitrogens with zero attached hydrogens (tertiary/aromatic N) is 5. The lowest BCUT2D eigenvalue weighted by Gasteiger charge is -2.41. The summed E-state index contributed by atoms with van der Waals surface area (Å²) in [6.45, 7) is 6.77. The van der Waals surface area contributed by atoms with Gasteiger partial charge in [-0.05, 0) is 45.7 Å². The van der Waals surface area contributed by atoms with Crippen LogP contribution in [0.3, 0.4) is 0 Å². The number of amides is 1. The molecule has 2 aliphatic carbocycles. The third-order valence-corrected chi connectivity index (χ3v) is 6.90. The van der Waals surface area contributed by atoms with Crippen LogP contribution in [-0.4, -0.2) is 73.1 Å². The van der Waals surface area contributed by atoms with Gasteiger partial charge in [0.25, 0.3) is 0 Å². The smallest absolute Gasteiger partial charge is 0.226 e. The number of hydrogen-bond donors (Lipinski definition) is 0. The zero-order valence-electron chi connectivity index (χ0n) is 18.0. The Hall–Kier alpha value is -2.17. The zero-order valence-corrected chi connectivity index (χ0v) is 18.0. The van der Waals surface area contributed by atoms with Crippen molar-refractivity contribution in [1.29, 1.82) is 5.26 Å². The minimum atomic E-state index is -0.0139. The van der Waals surface area contributed by atoms with Gasteiger partial charge in [-0.25, -0.2) is 4.98 Å². The van der Waals surface area contributed by atoms with Crippen LogP contribution >= 0.6 is 0 Å². The standard InChI is InChI=1S/C23H31N5O2/c1-15-13-27(7-8-28(15)23(29)17-5-6-17)22-18(12-24)11-19(21(25-22)16-3-4-16)20-14-26(2)9-10-30-20/h11,15-17,20H,3-10,13-14H2,1-2H3/t15-,20?/m1/s1. The van der Waals surface area contributed by atoms with E-state index in [4.69, 9.17) is 9.72 Å². The molecule has 2 atom stereocenters. The number of ether oxygens (including phenoxy) is 1. The molecule has 7 nitrogen and oxygen atoms in total. The maximum absolute atomic E-state index is 12.6. The van der Waals surface area contributed by atoms with E-state index in [-0.39, 0.29) is 18.1 Å². The molecule has 2 saturated heterocycles. The quantitative estimate of drug-likeness (QED) is 0.760. The Morgan fingerprint density at radius 3 is 2.63 bits per heavy atom. The number of anilines is 1. The number of carbonyl (C=O) groups is 1. The average molecular weight is 410 g/mol. The molecule has 1 unspecified atom stereocenters. The van der Waals surface area contributed by atoms with Crippen LogP contribution in [0.2, 0.25) is 0 Å². The highest BCUT2D eigenvalue weighted by Crippen LogP contribution is 2.44. The SMILES string of the molecule is C[C@@H]1CN(c2nc(C3CC3)c(C3CN(C)CCO3)cc2C#N)CCN1C(=O)C1CC1. The summed E-state index contributed by atoms with van der Waals surface area (Å²) in [6, 6.07) is 4.57. The summed E-state index contributed by atoms with van der Waals surface area (Å²) in [6.07, 6.45) is 4.38. The lowest BCUT2D eigenvalue weighted by atomic mass is 10.00. The summed E-state index contributed by atoms with van der Waals surface area (Å²) >= 11 is 0. The maximum Gasteiger partial charge on any atom is 0.226 e. The Kier molecular flexibility index (Phi) is 5.16. The lowest BCUT2D eigenvalue weighted by Crippen LogP contribution is -2.55. The molecule has 0 spiro atoms. The molecule has 1 aromatic rings. The minimum Gasteiger partial charge on any atom is -0.371 e. The molecule has 2 aliphatic heterocycles. The lowest BCUT2D eigenvalue weighted by molar-refractivity contribution is -0.134. The highest BCUT2D eigenvalue weighted by Gasteiger charge is 2.39. The van der Waals surface area contributed by atoms with Crippen molar-refractivity contribution in [3.8, 4) is 6.07 Å². The van der Waals surface area contributed by atoms with Crippen molar-refractivity contribution in [2.75, 3.05) is 51.3 Å². The van der Waals surface area contributed by atoms with Gasteiger partial charge in [0.1, 0.15) is 11.9 Å². The molecule has 1 aromatic heterocycles. The highest BCUT2D eigenvalue weighted by molar-refractivity contribution is 5.81. The van der Waals surface area contributed by atoms with Crippen molar-refractivity contribution in [1.82, 2.24) is 14.8 Å². The Labute approximate surface area is 178 Å². The van der Waals surface area contributed by atoms with E-state index in [1.807, 2.05) is 11.0 Å². The van der Waals surface area contributed by atoms with Gasteiger partial charge >= 0.3 is 0 Å². The second-order valence-corrected chi connectivity index (χ2v) is 9.44. The number of rotatable bonds is 4. The van der Waals surface area contributed by atoms with Gasteiger partial charge in [-0.1, -0.05) is 0 Å². The molecule has 0 N–H and O–H groups in total. The number of aromatic nitrogens is 1.